The highest BCUT2D eigenvalue weighted by atomic mass is 32.2. The SMILES string of the molecule is CC(C)N(C(=O)c1cc(F)ccc1Oc1cncnc1N1CC2(CCN(C[C@@H]3CC[C@@H](N(N4CC5(CCO5)C4)S(=O)O)CO3)CC2)C1)C(C)C. The molecule has 5 fully saturated rings. The first-order valence-electron chi connectivity index (χ1n) is 17.9. The Kier molecular flexibility index (Phi) is 10.2. The minimum atomic E-state index is -2.09. The van der Waals surface area contributed by atoms with Gasteiger partial charge in [0, 0.05) is 56.6 Å². The highest BCUT2D eigenvalue weighted by Crippen LogP contribution is 2.45. The third-order valence-electron chi connectivity index (χ3n) is 11.1. The van der Waals surface area contributed by atoms with Crippen LogP contribution in [0.2, 0.25) is 0 Å². The van der Waals surface area contributed by atoms with Crippen molar-refractivity contribution in [2.45, 2.75) is 89.6 Å². The zero-order chi connectivity index (χ0) is 35.2. The fourth-order valence-electron chi connectivity index (χ4n) is 8.39. The van der Waals surface area contributed by atoms with Gasteiger partial charge in [0.25, 0.3) is 5.91 Å². The minimum Gasteiger partial charge on any atom is -0.451 e. The molecule has 0 aliphatic carbocycles. The van der Waals surface area contributed by atoms with E-state index >= 15 is 0 Å². The number of anilines is 1. The van der Waals surface area contributed by atoms with Crippen molar-refractivity contribution in [3.05, 3.63) is 42.1 Å². The van der Waals surface area contributed by atoms with Crippen LogP contribution >= 0.6 is 0 Å². The number of carbonyl (C=O) groups excluding carboxylic acids is 1. The van der Waals surface area contributed by atoms with E-state index in [4.69, 9.17) is 14.2 Å². The summed E-state index contributed by atoms with van der Waals surface area (Å²) >= 11 is -2.09. The summed E-state index contributed by atoms with van der Waals surface area (Å²) in [5.41, 5.74) is 0.247. The number of hydrogen-bond acceptors (Lipinski definition) is 10. The van der Waals surface area contributed by atoms with Gasteiger partial charge >= 0.3 is 0 Å². The Morgan fingerprint density at radius 2 is 1.82 bits per heavy atom. The van der Waals surface area contributed by atoms with E-state index in [0.717, 1.165) is 71.4 Å². The van der Waals surface area contributed by atoms with Gasteiger partial charge in [0.1, 0.15) is 17.9 Å². The number of likely N-dealkylation sites (tertiary alicyclic amines) is 1. The van der Waals surface area contributed by atoms with E-state index in [0.29, 0.717) is 31.3 Å². The molecule has 6 heterocycles. The maximum absolute atomic E-state index is 14.4. The summed E-state index contributed by atoms with van der Waals surface area (Å²) in [5.74, 6) is 0.578. The highest BCUT2D eigenvalue weighted by molar-refractivity contribution is 7.76. The van der Waals surface area contributed by atoms with Crippen LogP contribution < -0.4 is 9.64 Å². The maximum Gasteiger partial charge on any atom is 0.258 e. The molecule has 0 bridgehead atoms. The minimum absolute atomic E-state index is 0.0674. The van der Waals surface area contributed by atoms with Crippen molar-refractivity contribution >= 4 is 23.0 Å². The molecular weight excluding hydrogens is 665 g/mol. The predicted octanol–water partition coefficient (Wildman–Crippen LogP) is 3.95. The Hall–Kier alpha value is -2.79. The van der Waals surface area contributed by atoms with E-state index in [2.05, 4.69) is 19.8 Å². The first kappa shape index (κ1) is 35.6. The Morgan fingerprint density at radius 3 is 2.42 bits per heavy atom. The van der Waals surface area contributed by atoms with E-state index in [1.54, 1.807) is 15.5 Å². The van der Waals surface area contributed by atoms with Crippen LogP contribution in [0, 0.1) is 11.2 Å². The zero-order valence-corrected chi connectivity index (χ0v) is 30.3. The Labute approximate surface area is 296 Å². The van der Waals surface area contributed by atoms with E-state index in [-0.39, 0.29) is 52.5 Å². The van der Waals surface area contributed by atoms with Gasteiger partial charge in [-0.25, -0.2) is 23.6 Å². The highest BCUT2D eigenvalue weighted by Gasteiger charge is 2.53. The molecule has 2 aromatic rings. The van der Waals surface area contributed by atoms with Crippen LogP contribution in [-0.4, -0.2) is 133 Å². The summed E-state index contributed by atoms with van der Waals surface area (Å²) in [4.78, 5) is 28.7. The van der Waals surface area contributed by atoms with Crippen molar-refractivity contribution in [1.29, 1.82) is 0 Å². The van der Waals surface area contributed by atoms with Crippen molar-refractivity contribution in [2.24, 2.45) is 5.41 Å². The number of hydrogen-bond donors (Lipinski definition) is 1. The van der Waals surface area contributed by atoms with Gasteiger partial charge in [0.05, 0.1) is 42.7 Å². The lowest BCUT2D eigenvalue weighted by Crippen LogP contribution is -2.73. The first-order chi connectivity index (χ1) is 23.9. The third-order valence-corrected chi connectivity index (χ3v) is 12.0. The monoisotopic (exact) mass is 715 g/mol. The molecule has 5 saturated heterocycles. The normalized spacial score (nSPS) is 25.4. The maximum atomic E-state index is 14.4. The molecular formula is C35H50FN7O6S. The van der Waals surface area contributed by atoms with E-state index in [1.165, 1.54) is 24.5 Å². The lowest BCUT2D eigenvalue weighted by Gasteiger charge is -2.58. The number of benzene rings is 1. The molecule has 274 valence electrons. The molecule has 15 heteroatoms. The summed E-state index contributed by atoms with van der Waals surface area (Å²) in [7, 11) is 0. The van der Waals surface area contributed by atoms with Crippen LogP contribution in [0.3, 0.4) is 0 Å². The summed E-state index contributed by atoms with van der Waals surface area (Å²) in [5, 5.41) is 1.95. The van der Waals surface area contributed by atoms with Crippen LogP contribution in [0.25, 0.3) is 0 Å². The number of rotatable bonds is 11. The van der Waals surface area contributed by atoms with Crippen molar-refractivity contribution in [3.8, 4) is 11.5 Å². The molecule has 13 nitrogen and oxygen atoms in total. The smallest absolute Gasteiger partial charge is 0.258 e. The Bertz CT molecular complexity index is 1540. The molecule has 1 aromatic carbocycles. The fraction of sp³-hybridized carbons (Fsp3) is 0.686. The van der Waals surface area contributed by atoms with Gasteiger partial charge in [0.2, 0.25) is 11.3 Å². The fourth-order valence-corrected chi connectivity index (χ4v) is 9.13. The second-order valence-corrected chi connectivity index (χ2v) is 16.2. The van der Waals surface area contributed by atoms with Crippen LogP contribution in [-0.2, 0) is 20.7 Å². The number of piperidine rings is 1. The molecule has 5 aliphatic heterocycles. The molecule has 1 N–H and O–H groups in total. The largest absolute Gasteiger partial charge is 0.451 e. The van der Waals surface area contributed by atoms with Gasteiger partial charge in [-0.2, -0.15) is 0 Å². The van der Waals surface area contributed by atoms with E-state index in [1.807, 2.05) is 32.7 Å². The molecule has 5 aliphatic rings. The number of amides is 1. The molecule has 1 amide bonds. The lowest BCUT2D eigenvalue weighted by molar-refractivity contribution is -0.262. The molecule has 50 heavy (non-hydrogen) atoms. The van der Waals surface area contributed by atoms with Crippen molar-refractivity contribution in [2.75, 3.05) is 63.9 Å². The number of ether oxygens (including phenoxy) is 3. The molecule has 3 atom stereocenters. The number of aromatic nitrogens is 2. The Balaban J connectivity index is 0.909. The Morgan fingerprint density at radius 1 is 1.10 bits per heavy atom. The van der Waals surface area contributed by atoms with Gasteiger partial charge in [0.15, 0.2) is 11.6 Å². The van der Waals surface area contributed by atoms with E-state index in [9.17, 15) is 17.9 Å². The van der Waals surface area contributed by atoms with Gasteiger partial charge in [-0.15, -0.1) is 4.41 Å². The second-order valence-electron chi connectivity index (χ2n) is 15.3. The molecule has 2 spiro atoms. The molecule has 1 aromatic heterocycles. The van der Waals surface area contributed by atoms with Crippen molar-refractivity contribution in [1.82, 2.24) is 29.2 Å². The molecule has 7 rings (SSSR count). The quantitative estimate of drug-likeness (QED) is 0.341. The second kappa shape index (κ2) is 14.3. The predicted molar refractivity (Wildman–Crippen MR) is 186 cm³/mol. The van der Waals surface area contributed by atoms with Crippen molar-refractivity contribution in [3.63, 3.8) is 0 Å². The van der Waals surface area contributed by atoms with Crippen LogP contribution in [0.1, 0.15) is 70.2 Å². The molecule has 0 radical (unpaired) electrons. The van der Waals surface area contributed by atoms with E-state index < -0.39 is 17.1 Å². The summed E-state index contributed by atoms with van der Waals surface area (Å²) in [6, 6.07) is 3.79. The lowest BCUT2D eigenvalue weighted by atomic mass is 9.72. The summed E-state index contributed by atoms with van der Waals surface area (Å²) in [6.07, 6.45) is 8.03. The zero-order valence-electron chi connectivity index (χ0n) is 29.5. The number of hydrazine groups is 1. The third kappa shape index (κ3) is 7.14. The number of carbonyl (C=O) groups is 1. The van der Waals surface area contributed by atoms with Crippen LogP contribution in [0.15, 0.2) is 30.7 Å². The van der Waals surface area contributed by atoms with Crippen molar-refractivity contribution < 1.29 is 32.2 Å². The van der Waals surface area contributed by atoms with Gasteiger partial charge in [-0.3, -0.25) is 9.35 Å². The topological polar surface area (TPSA) is 124 Å². The number of halogens is 1. The average molecular weight is 716 g/mol. The van der Waals surface area contributed by atoms with Gasteiger partial charge in [-0.05, 0) is 84.7 Å². The van der Waals surface area contributed by atoms with Gasteiger partial charge in [-0.1, -0.05) is 0 Å². The van der Waals surface area contributed by atoms with Crippen LogP contribution in [0.5, 0.6) is 11.5 Å². The molecule has 0 saturated carbocycles. The average Bonchev–Trinajstić information content (AvgIpc) is 3.02. The first-order valence-corrected chi connectivity index (χ1v) is 19.0. The standard InChI is InChI=1S/C35H50FN7O6S/c1-24(2)42(25(3)4)33(44)29-15-26(36)5-8-30(29)49-31-16-37-23-38-32(31)40-19-34(20-40)9-12-39(13-10-34)17-28-7-6-27(18-47-28)43(50(45)46)41-21-35(22-41)11-14-48-35/h5,8,15-16,23-25,27-28H,6-7,9-14,17-22H2,1-4H3,(H,45,46)/t27-,28+/m1/s1. The van der Waals surface area contributed by atoms with Crippen LogP contribution in [0.4, 0.5) is 10.2 Å². The summed E-state index contributed by atoms with van der Waals surface area (Å²) < 4.78 is 56.5. The number of nitrogens with zero attached hydrogens (tertiary/aromatic N) is 7. The molecule has 1 unspecified atom stereocenters. The van der Waals surface area contributed by atoms with Gasteiger partial charge < -0.3 is 28.9 Å². The summed E-state index contributed by atoms with van der Waals surface area (Å²) in [6.45, 7) is 14.8.